The zero-order valence-corrected chi connectivity index (χ0v) is 17.6. The summed E-state index contributed by atoms with van der Waals surface area (Å²) in [6.45, 7) is 2.74. The summed E-state index contributed by atoms with van der Waals surface area (Å²) in [5.41, 5.74) is 4.05. The summed E-state index contributed by atoms with van der Waals surface area (Å²) in [5.74, 6) is 1.39. The van der Waals surface area contributed by atoms with Gasteiger partial charge in [-0.3, -0.25) is 9.69 Å². The SMILES string of the molecule is COc1ccc(-c2nn(Cc3ccccc3)cc2/C=N\N2CCCCC2)cc1OC. The minimum Gasteiger partial charge on any atom is -0.493 e. The number of hydrazone groups is 1. The molecule has 2 aromatic carbocycles. The maximum Gasteiger partial charge on any atom is 0.161 e. The molecule has 0 aliphatic carbocycles. The molecule has 6 heteroatoms. The Balaban J connectivity index is 1.68. The molecule has 156 valence electrons. The highest BCUT2D eigenvalue weighted by Crippen LogP contribution is 2.32. The van der Waals surface area contributed by atoms with Gasteiger partial charge in [-0.2, -0.15) is 10.2 Å². The van der Waals surface area contributed by atoms with Crippen molar-refractivity contribution in [3.8, 4) is 22.8 Å². The van der Waals surface area contributed by atoms with Gasteiger partial charge >= 0.3 is 0 Å². The summed E-state index contributed by atoms with van der Waals surface area (Å²) in [6.07, 6.45) is 7.69. The van der Waals surface area contributed by atoms with Crippen LogP contribution in [-0.4, -0.2) is 48.3 Å². The Morgan fingerprint density at radius 2 is 1.73 bits per heavy atom. The van der Waals surface area contributed by atoms with Crippen molar-refractivity contribution in [3.05, 3.63) is 65.9 Å². The van der Waals surface area contributed by atoms with E-state index < -0.39 is 0 Å². The fourth-order valence-electron chi connectivity index (χ4n) is 3.73. The van der Waals surface area contributed by atoms with Crippen LogP contribution >= 0.6 is 0 Å². The van der Waals surface area contributed by atoms with Gasteiger partial charge in [0.05, 0.1) is 27.0 Å². The predicted octanol–water partition coefficient (Wildman–Crippen LogP) is 4.44. The minimum atomic E-state index is 0.687. The fraction of sp³-hybridized carbons (Fsp3) is 0.333. The van der Waals surface area contributed by atoms with Gasteiger partial charge in [0.15, 0.2) is 11.5 Å². The van der Waals surface area contributed by atoms with Crippen LogP contribution in [0.3, 0.4) is 0 Å². The molecule has 0 atom stereocenters. The van der Waals surface area contributed by atoms with Crippen LogP contribution in [0.1, 0.15) is 30.4 Å². The number of hydrogen-bond donors (Lipinski definition) is 0. The normalized spacial score (nSPS) is 14.3. The van der Waals surface area contributed by atoms with Crippen LogP contribution in [0, 0.1) is 0 Å². The molecule has 0 unspecified atom stereocenters. The van der Waals surface area contributed by atoms with Crippen molar-refractivity contribution >= 4 is 6.21 Å². The van der Waals surface area contributed by atoms with Gasteiger partial charge in [-0.15, -0.1) is 0 Å². The number of methoxy groups -OCH3 is 2. The van der Waals surface area contributed by atoms with Crippen molar-refractivity contribution in [2.75, 3.05) is 27.3 Å². The summed E-state index contributed by atoms with van der Waals surface area (Å²) in [7, 11) is 3.29. The van der Waals surface area contributed by atoms with E-state index in [0.717, 1.165) is 29.9 Å². The largest absolute Gasteiger partial charge is 0.493 e. The molecule has 0 N–H and O–H groups in total. The molecule has 6 nitrogen and oxygen atoms in total. The lowest BCUT2D eigenvalue weighted by Crippen LogP contribution is -2.24. The monoisotopic (exact) mass is 404 g/mol. The van der Waals surface area contributed by atoms with Gasteiger partial charge in [0.1, 0.15) is 5.69 Å². The molecule has 1 aliphatic rings. The zero-order chi connectivity index (χ0) is 20.8. The lowest BCUT2D eigenvalue weighted by atomic mass is 10.1. The van der Waals surface area contributed by atoms with Crippen molar-refractivity contribution in [2.45, 2.75) is 25.8 Å². The number of aromatic nitrogens is 2. The molecule has 0 amide bonds. The van der Waals surface area contributed by atoms with Gasteiger partial charge in [-0.1, -0.05) is 30.3 Å². The third-order valence-electron chi connectivity index (χ3n) is 5.33. The quantitative estimate of drug-likeness (QED) is 0.547. The first-order valence-corrected chi connectivity index (χ1v) is 10.4. The Hall–Kier alpha value is -3.28. The third kappa shape index (κ3) is 4.64. The van der Waals surface area contributed by atoms with Crippen LogP contribution in [-0.2, 0) is 6.54 Å². The smallest absolute Gasteiger partial charge is 0.161 e. The van der Waals surface area contributed by atoms with Crippen molar-refractivity contribution in [1.29, 1.82) is 0 Å². The van der Waals surface area contributed by atoms with Crippen LogP contribution in [0.25, 0.3) is 11.3 Å². The third-order valence-corrected chi connectivity index (χ3v) is 5.33. The van der Waals surface area contributed by atoms with E-state index in [1.807, 2.05) is 47.3 Å². The lowest BCUT2D eigenvalue weighted by Gasteiger charge is -2.23. The van der Waals surface area contributed by atoms with Crippen molar-refractivity contribution in [3.63, 3.8) is 0 Å². The summed E-state index contributed by atoms with van der Waals surface area (Å²) >= 11 is 0. The van der Waals surface area contributed by atoms with E-state index in [2.05, 4.69) is 23.3 Å². The van der Waals surface area contributed by atoms with Gasteiger partial charge < -0.3 is 9.47 Å². The first-order valence-electron chi connectivity index (χ1n) is 10.4. The summed E-state index contributed by atoms with van der Waals surface area (Å²) in [5, 5.41) is 11.8. The number of piperidine rings is 1. The second kappa shape index (κ2) is 9.48. The second-order valence-corrected chi connectivity index (χ2v) is 7.44. The van der Waals surface area contributed by atoms with E-state index in [4.69, 9.17) is 19.7 Å². The Labute approximate surface area is 177 Å². The molecule has 2 heterocycles. The molecule has 1 aromatic heterocycles. The van der Waals surface area contributed by atoms with Crippen LogP contribution in [0.5, 0.6) is 11.5 Å². The molecule has 0 saturated carbocycles. The van der Waals surface area contributed by atoms with E-state index in [-0.39, 0.29) is 0 Å². The minimum absolute atomic E-state index is 0.687. The highest BCUT2D eigenvalue weighted by Gasteiger charge is 2.14. The van der Waals surface area contributed by atoms with Gasteiger partial charge in [-0.25, -0.2) is 0 Å². The van der Waals surface area contributed by atoms with Gasteiger partial charge in [0.25, 0.3) is 0 Å². The van der Waals surface area contributed by atoms with E-state index in [1.54, 1.807) is 14.2 Å². The topological polar surface area (TPSA) is 51.9 Å². The Morgan fingerprint density at radius 1 is 0.967 bits per heavy atom. The number of benzene rings is 2. The summed E-state index contributed by atoms with van der Waals surface area (Å²) in [4.78, 5) is 0. The number of nitrogens with zero attached hydrogens (tertiary/aromatic N) is 4. The molecule has 0 radical (unpaired) electrons. The molecule has 4 rings (SSSR count). The molecular formula is C24H28N4O2. The van der Waals surface area contributed by atoms with Crippen molar-refractivity contribution < 1.29 is 9.47 Å². The number of hydrogen-bond acceptors (Lipinski definition) is 5. The Bertz CT molecular complexity index is 992. The standard InChI is InChI=1S/C24H28N4O2/c1-29-22-12-11-20(15-23(22)30-2)24-21(16-25-27-13-7-4-8-14-27)18-28(26-24)17-19-9-5-3-6-10-19/h3,5-6,9-12,15-16,18H,4,7-8,13-14,17H2,1-2H3/b25-16-. The molecule has 30 heavy (non-hydrogen) atoms. The highest BCUT2D eigenvalue weighted by molar-refractivity contribution is 5.88. The lowest BCUT2D eigenvalue weighted by molar-refractivity contribution is 0.240. The molecule has 1 aliphatic heterocycles. The van der Waals surface area contributed by atoms with Crippen LogP contribution in [0.15, 0.2) is 59.8 Å². The number of rotatable bonds is 7. The molecule has 3 aromatic rings. The van der Waals surface area contributed by atoms with E-state index >= 15 is 0 Å². The number of ether oxygens (including phenoxy) is 2. The molecular weight excluding hydrogens is 376 g/mol. The first kappa shape index (κ1) is 20.0. The Kier molecular flexibility index (Phi) is 6.32. The highest BCUT2D eigenvalue weighted by atomic mass is 16.5. The molecule has 1 fully saturated rings. The second-order valence-electron chi connectivity index (χ2n) is 7.44. The van der Waals surface area contributed by atoms with Crippen molar-refractivity contribution in [2.24, 2.45) is 5.10 Å². The summed E-state index contributed by atoms with van der Waals surface area (Å²) < 4.78 is 12.9. The first-order chi connectivity index (χ1) is 14.8. The van der Waals surface area contributed by atoms with E-state index in [0.29, 0.717) is 18.0 Å². The van der Waals surface area contributed by atoms with Crippen LogP contribution < -0.4 is 9.47 Å². The molecule has 1 saturated heterocycles. The van der Waals surface area contributed by atoms with Gasteiger partial charge in [0.2, 0.25) is 0 Å². The van der Waals surface area contributed by atoms with E-state index in [9.17, 15) is 0 Å². The van der Waals surface area contributed by atoms with Crippen LogP contribution in [0.2, 0.25) is 0 Å². The predicted molar refractivity (Wildman–Crippen MR) is 119 cm³/mol. The molecule has 0 spiro atoms. The fourth-order valence-corrected chi connectivity index (χ4v) is 3.73. The van der Waals surface area contributed by atoms with Crippen molar-refractivity contribution in [1.82, 2.24) is 14.8 Å². The molecule has 0 bridgehead atoms. The average Bonchev–Trinajstić information content (AvgIpc) is 3.21. The zero-order valence-electron chi connectivity index (χ0n) is 17.6. The summed E-state index contributed by atoms with van der Waals surface area (Å²) in [6, 6.07) is 16.2. The Morgan fingerprint density at radius 3 is 2.47 bits per heavy atom. The maximum absolute atomic E-state index is 5.49. The van der Waals surface area contributed by atoms with Gasteiger partial charge in [0, 0.05) is 30.4 Å². The van der Waals surface area contributed by atoms with Crippen LogP contribution in [0.4, 0.5) is 0 Å². The maximum atomic E-state index is 5.49. The van der Waals surface area contributed by atoms with Gasteiger partial charge in [-0.05, 0) is 43.0 Å². The average molecular weight is 405 g/mol. The van der Waals surface area contributed by atoms with E-state index in [1.165, 1.54) is 24.8 Å².